The van der Waals surface area contributed by atoms with Crippen LogP contribution in [-0.4, -0.2) is 33.9 Å². The summed E-state index contributed by atoms with van der Waals surface area (Å²) in [5.41, 5.74) is 1.49. The second-order valence-corrected chi connectivity index (χ2v) is 5.49. The number of aromatic amines is 1. The lowest BCUT2D eigenvalue weighted by Gasteiger charge is -2.02. The number of rotatable bonds is 3. The highest BCUT2D eigenvalue weighted by molar-refractivity contribution is 6.41. The fourth-order valence-corrected chi connectivity index (χ4v) is 2.36. The number of carbonyl (C=O) groups is 2. The molecular weight excluding hydrogens is 355 g/mol. The molecule has 0 spiro atoms. The van der Waals surface area contributed by atoms with Crippen LogP contribution in [-0.2, 0) is 4.74 Å². The van der Waals surface area contributed by atoms with E-state index >= 15 is 0 Å². The van der Waals surface area contributed by atoms with Crippen molar-refractivity contribution < 1.29 is 14.3 Å². The van der Waals surface area contributed by atoms with Crippen molar-refractivity contribution in [3.8, 4) is 0 Å². The van der Waals surface area contributed by atoms with Gasteiger partial charge in [-0.05, 0) is 18.2 Å². The number of halogens is 2. The zero-order chi connectivity index (χ0) is 17.3. The van der Waals surface area contributed by atoms with Gasteiger partial charge in [0.1, 0.15) is 10.7 Å². The van der Waals surface area contributed by atoms with Crippen molar-refractivity contribution in [1.29, 1.82) is 0 Å². The largest absolute Gasteiger partial charge is 0.465 e. The molecule has 0 aliphatic rings. The van der Waals surface area contributed by atoms with E-state index in [4.69, 9.17) is 27.9 Å². The van der Waals surface area contributed by atoms with Gasteiger partial charge in [0.25, 0.3) is 5.91 Å². The molecule has 2 N–H and O–H groups in total. The van der Waals surface area contributed by atoms with Crippen molar-refractivity contribution in [2.45, 2.75) is 0 Å². The highest BCUT2D eigenvalue weighted by atomic mass is 35.5. The highest BCUT2D eigenvalue weighted by Crippen LogP contribution is 2.22. The molecule has 0 fully saturated rings. The van der Waals surface area contributed by atoms with E-state index in [1.807, 2.05) is 0 Å². The number of amides is 1. The summed E-state index contributed by atoms with van der Waals surface area (Å²) in [5.74, 6) is -0.809. The SMILES string of the molecule is COC(=O)c1cccc2[nH]c(NC(=O)c3cnc(Cl)c(Cl)c3)nc12. The minimum atomic E-state index is -0.515. The number of fused-ring (bicyclic) bond motifs is 1. The van der Waals surface area contributed by atoms with E-state index in [9.17, 15) is 9.59 Å². The number of para-hydroxylation sites is 1. The molecule has 2 aromatic heterocycles. The van der Waals surface area contributed by atoms with Gasteiger partial charge in [-0.1, -0.05) is 29.3 Å². The Labute approximate surface area is 146 Å². The number of hydrogen-bond acceptors (Lipinski definition) is 5. The van der Waals surface area contributed by atoms with Crippen molar-refractivity contribution in [2.75, 3.05) is 12.4 Å². The molecule has 0 radical (unpaired) electrons. The maximum absolute atomic E-state index is 12.2. The van der Waals surface area contributed by atoms with Crippen LogP contribution in [0.2, 0.25) is 10.2 Å². The van der Waals surface area contributed by atoms with Crippen LogP contribution in [0.25, 0.3) is 11.0 Å². The number of hydrogen-bond donors (Lipinski definition) is 2. The normalized spacial score (nSPS) is 10.6. The Morgan fingerprint density at radius 3 is 2.79 bits per heavy atom. The van der Waals surface area contributed by atoms with Gasteiger partial charge >= 0.3 is 5.97 Å². The van der Waals surface area contributed by atoms with Gasteiger partial charge in [-0.25, -0.2) is 14.8 Å². The lowest BCUT2D eigenvalue weighted by molar-refractivity contribution is 0.0602. The molecule has 0 aliphatic heterocycles. The number of aromatic nitrogens is 3. The molecule has 0 saturated carbocycles. The minimum absolute atomic E-state index is 0.111. The van der Waals surface area contributed by atoms with Crippen molar-refractivity contribution >= 4 is 52.1 Å². The molecule has 3 aromatic rings. The number of anilines is 1. The first-order valence-corrected chi connectivity index (χ1v) is 7.44. The van der Waals surface area contributed by atoms with Gasteiger partial charge < -0.3 is 9.72 Å². The number of esters is 1. The summed E-state index contributed by atoms with van der Waals surface area (Å²) in [6.45, 7) is 0. The Morgan fingerprint density at radius 1 is 1.29 bits per heavy atom. The van der Waals surface area contributed by atoms with Gasteiger partial charge in [-0.3, -0.25) is 10.1 Å². The molecule has 0 aliphatic carbocycles. The number of ether oxygens (including phenoxy) is 1. The van der Waals surface area contributed by atoms with Crippen LogP contribution in [0.1, 0.15) is 20.7 Å². The third kappa shape index (κ3) is 3.04. The van der Waals surface area contributed by atoms with Crippen LogP contribution in [0.15, 0.2) is 30.5 Å². The van der Waals surface area contributed by atoms with Crippen LogP contribution >= 0.6 is 23.2 Å². The molecule has 1 aromatic carbocycles. The molecule has 122 valence electrons. The summed E-state index contributed by atoms with van der Waals surface area (Å²) in [4.78, 5) is 34.9. The molecule has 0 bridgehead atoms. The fourth-order valence-electron chi connectivity index (χ4n) is 2.09. The predicted molar refractivity (Wildman–Crippen MR) is 89.6 cm³/mol. The quantitative estimate of drug-likeness (QED) is 0.548. The highest BCUT2D eigenvalue weighted by Gasteiger charge is 2.16. The number of carbonyl (C=O) groups excluding carboxylic acids is 2. The van der Waals surface area contributed by atoms with Crippen LogP contribution in [0.3, 0.4) is 0 Å². The Balaban J connectivity index is 1.91. The van der Waals surface area contributed by atoms with E-state index < -0.39 is 11.9 Å². The van der Waals surface area contributed by atoms with Crippen LogP contribution < -0.4 is 5.32 Å². The Hall–Kier alpha value is -2.64. The first kappa shape index (κ1) is 16.2. The van der Waals surface area contributed by atoms with E-state index in [2.05, 4.69) is 20.3 Å². The van der Waals surface area contributed by atoms with Crippen molar-refractivity contribution in [3.05, 3.63) is 51.8 Å². The second kappa shape index (κ2) is 6.46. The lowest BCUT2D eigenvalue weighted by atomic mass is 10.2. The van der Waals surface area contributed by atoms with E-state index in [0.29, 0.717) is 16.6 Å². The summed E-state index contributed by atoms with van der Waals surface area (Å²) in [6, 6.07) is 6.39. The van der Waals surface area contributed by atoms with Gasteiger partial charge in [-0.2, -0.15) is 0 Å². The van der Waals surface area contributed by atoms with E-state index in [0.717, 1.165) is 0 Å². The van der Waals surface area contributed by atoms with Crippen molar-refractivity contribution in [3.63, 3.8) is 0 Å². The molecule has 9 heteroatoms. The van der Waals surface area contributed by atoms with Gasteiger partial charge in [-0.15, -0.1) is 0 Å². The van der Waals surface area contributed by atoms with Gasteiger partial charge in [0.2, 0.25) is 5.95 Å². The van der Waals surface area contributed by atoms with Gasteiger partial charge in [0.05, 0.1) is 28.8 Å². The Morgan fingerprint density at radius 2 is 2.08 bits per heavy atom. The molecular formula is C15H10Cl2N4O3. The van der Waals surface area contributed by atoms with E-state index in [-0.39, 0.29) is 21.7 Å². The van der Waals surface area contributed by atoms with Crippen molar-refractivity contribution in [2.24, 2.45) is 0 Å². The zero-order valence-corrected chi connectivity index (χ0v) is 13.8. The molecule has 7 nitrogen and oxygen atoms in total. The van der Waals surface area contributed by atoms with E-state index in [1.165, 1.54) is 19.4 Å². The fraction of sp³-hybridized carbons (Fsp3) is 0.0667. The molecule has 0 atom stereocenters. The third-order valence-electron chi connectivity index (χ3n) is 3.21. The molecule has 0 unspecified atom stereocenters. The summed E-state index contributed by atoms with van der Waals surface area (Å²) < 4.78 is 4.71. The zero-order valence-electron chi connectivity index (χ0n) is 12.3. The maximum Gasteiger partial charge on any atom is 0.340 e. The summed E-state index contributed by atoms with van der Waals surface area (Å²) >= 11 is 11.6. The third-order valence-corrected chi connectivity index (χ3v) is 3.89. The number of nitrogens with zero attached hydrogens (tertiary/aromatic N) is 2. The lowest BCUT2D eigenvalue weighted by Crippen LogP contribution is -2.13. The average Bonchev–Trinajstić information content (AvgIpc) is 2.98. The Kier molecular flexibility index (Phi) is 4.37. The molecule has 0 saturated heterocycles. The van der Waals surface area contributed by atoms with Gasteiger partial charge in [0, 0.05) is 6.20 Å². The topological polar surface area (TPSA) is 97.0 Å². The first-order valence-electron chi connectivity index (χ1n) is 6.69. The Bertz CT molecular complexity index is 955. The minimum Gasteiger partial charge on any atom is -0.465 e. The van der Waals surface area contributed by atoms with Crippen molar-refractivity contribution in [1.82, 2.24) is 15.0 Å². The monoisotopic (exact) mass is 364 g/mol. The standard InChI is InChI=1S/C15H10Cl2N4O3/c1-24-14(23)8-3-2-4-10-11(8)20-15(19-10)21-13(22)7-5-9(16)12(17)18-6-7/h2-6H,1H3,(H2,19,20,21,22). The number of nitrogens with one attached hydrogen (secondary N) is 2. The number of benzene rings is 1. The predicted octanol–water partition coefficient (Wildman–Crippen LogP) is 3.30. The number of pyridine rings is 1. The van der Waals surface area contributed by atoms with E-state index in [1.54, 1.807) is 18.2 Å². The average molecular weight is 365 g/mol. The molecule has 3 rings (SSSR count). The number of H-pyrrole nitrogens is 1. The summed E-state index contributed by atoms with van der Waals surface area (Å²) in [5, 5.41) is 2.86. The second-order valence-electron chi connectivity index (χ2n) is 4.73. The first-order chi connectivity index (χ1) is 11.5. The number of methoxy groups -OCH3 is 1. The van der Waals surface area contributed by atoms with Crippen LogP contribution in [0.5, 0.6) is 0 Å². The van der Waals surface area contributed by atoms with Gasteiger partial charge in [0.15, 0.2) is 0 Å². The summed E-state index contributed by atoms with van der Waals surface area (Å²) in [6.07, 6.45) is 1.30. The van der Waals surface area contributed by atoms with Crippen LogP contribution in [0, 0.1) is 0 Å². The summed E-state index contributed by atoms with van der Waals surface area (Å²) in [7, 11) is 1.29. The molecule has 2 heterocycles. The van der Waals surface area contributed by atoms with Crippen LogP contribution in [0.4, 0.5) is 5.95 Å². The molecule has 1 amide bonds. The smallest absolute Gasteiger partial charge is 0.340 e. The maximum atomic E-state index is 12.2. The number of imidazole rings is 1. The molecule has 24 heavy (non-hydrogen) atoms.